The fourth-order valence-corrected chi connectivity index (χ4v) is 3.02. The Labute approximate surface area is 113 Å². The van der Waals surface area contributed by atoms with Crippen LogP contribution < -0.4 is 15.8 Å². The third-order valence-electron chi connectivity index (χ3n) is 3.48. The number of nitrogens with zero attached hydrogens (tertiary/aromatic N) is 1. The van der Waals surface area contributed by atoms with Crippen molar-refractivity contribution < 1.29 is 13.5 Å². The van der Waals surface area contributed by atoms with Gasteiger partial charge in [0.2, 0.25) is 10.0 Å². The van der Waals surface area contributed by atoms with Crippen LogP contribution in [0.25, 0.3) is 0 Å². The minimum Gasteiger partial charge on any atom is -0.398 e. The number of primary sulfonamides is 1. The first-order chi connectivity index (χ1) is 8.77. The van der Waals surface area contributed by atoms with Crippen molar-refractivity contribution in [2.24, 2.45) is 11.1 Å². The summed E-state index contributed by atoms with van der Waals surface area (Å²) in [7, 11) is -1.86. The molecule has 0 saturated heterocycles. The molecule has 1 aliphatic carbocycles. The number of hydrogen-bond donors (Lipinski definition) is 3. The van der Waals surface area contributed by atoms with Gasteiger partial charge in [0.25, 0.3) is 0 Å². The predicted molar refractivity (Wildman–Crippen MR) is 74.2 cm³/mol. The van der Waals surface area contributed by atoms with Gasteiger partial charge in [-0.1, -0.05) is 0 Å². The normalized spacial score (nSPS) is 22.9. The van der Waals surface area contributed by atoms with Crippen molar-refractivity contribution in [1.82, 2.24) is 0 Å². The summed E-state index contributed by atoms with van der Waals surface area (Å²) in [5.74, 6) is 0.471. The van der Waals surface area contributed by atoms with Crippen LogP contribution in [0.15, 0.2) is 23.1 Å². The zero-order valence-corrected chi connectivity index (χ0v) is 11.6. The van der Waals surface area contributed by atoms with E-state index in [-0.39, 0.29) is 16.7 Å². The van der Waals surface area contributed by atoms with Gasteiger partial charge < -0.3 is 15.7 Å². The van der Waals surface area contributed by atoms with Crippen LogP contribution in [0.4, 0.5) is 11.4 Å². The maximum absolute atomic E-state index is 11.3. The Morgan fingerprint density at radius 1 is 1.42 bits per heavy atom. The Morgan fingerprint density at radius 3 is 2.53 bits per heavy atom. The Morgan fingerprint density at radius 2 is 2.05 bits per heavy atom. The predicted octanol–water partition coefficient (Wildman–Crippen LogP) is 0.123. The Balaban J connectivity index is 2.11. The first-order valence-corrected chi connectivity index (χ1v) is 7.63. The second-order valence-corrected chi connectivity index (χ2v) is 6.67. The van der Waals surface area contributed by atoms with Gasteiger partial charge in [0.05, 0.1) is 11.8 Å². The average Bonchev–Trinajstić information content (AvgIpc) is 2.24. The van der Waals surface area contributed by atoms with Gasteiger partial charge in [0, 0.05) is 19.3 Å². The van der Waals surface area contributed by atoms with Crippen LogP contribution in [-0.2, 0) is 10.0 Å². The molecule has 0 spiro atoms. The number of aliphatic hydroxyl groups excluding tert-OH is 1. The van der Waals surface area contributed by atoms with E-state index in [1.54, 1.807) is 12.1 Å². The van der Waals surface area contributed by atoms with E-state index in [0.29, 0.717) is 5.92 Å². The van der Waals surface area contributed by atoms with Crippen LogP contribution in [0.3, 0.4) is 0 Å². The summed E-state index contributed by atoms with van der Waals surface area (Å²) >= 11 is 0. The molecular weight excluding hydrogens is 266 g/mol. The summed E-state index contributed by atoms with van der Waals surface area (Å²) in [6.45, 7) is 0.811. The summed E-state index contributed by atoms with van der Waals surface area (Å²) in [5.41, 5.74) is 6.71. The molecule has 1 aliphatic rings. The van der Waals surface area contributed by atoms with Crippen molar-refractivity contribution >= 4 is 21.4 Å². The minimum atomic E-state index is -3.78. The molecule has 1 aromatic carbocycles. The molecule has 0 unspecified atom stereocenters. The van der Waals surface area contributed by atoms with E-state index in [0.717, 1.165) is 25.1 Å². The monoisotopic (exact) mass is 285 g/mol. The molecule has 6 nitrogen and oxygen atoms in total. The van der Waals surface area contributed by atoms with E-state index in [1.807, 2.05) is 11.9 Å². The van der Waals surface area contributed by atoms with E-state index in [9.17, 15) is 13.5 Å². The third kappa shape index (κ3) is 3.17. The number of hydrogen-bond acceptors (Lipinski definition) is 5. The molecule has 0 aromatic heterocycles. The lowest BCUT2D eigenvalue weighted by molar-refractivity contribution is 0.0465. The Kier molecular flexibility index (Phi) is 3.71. The number of benzene rings is 1. The first kappa shape index (κ1) is 14.1. The van der Waals surface area contributed by atoms with Crippen LogP contribution in [0.2, 0.25) is 0 Å². The molecule has 106 valence electrons. The van der Waals surface area contributed by atoms with Crippen molar-refractivity contribution in [2.45, 2.75) is 23.8 Å². The van der Waals surface area contributed by atoms with Gasteiger partial charge in [-0.25, -0.2) is 13.6 Å². The standard InChI is InChI=1S/C12H19N3O3S/c1-15(7-8-4-10(16)5-8)9-2-3-12(11(13)6-9)19(14,17)18/h2-3,6,8,10,16H,4-5,7,13H2,1H3,(H2,14,17,18). The quantitative estimate of drug-likeness (QED) is 0.681. The molecule has 1 fully saturated rings. The number of anilines is 2. The van der Waals surface area contributed by atoms with Crippen molar-refractivity contribution in [3.8, 4) is 0 Å². The average molecular weight is 285 g/mol. The smallest absolute Gasteiger partial charge is 0.240 e. The summed E-state index contributed by atoms with van der Waals surface area (Å²) in [4.78, 5) is 1.95. The topological polar surface area (TPSA) is 110 Å². The Hall–Kier alpha value is -1.31. The number of rotatable bonds is 4. The molecular formula is C12H19N3O3S. The zero-order valence-electron chi connectivity index (χ0n) is 10.8. The van der Waals surface area contributed by atoms with E-state index < -0.39 is 10.0 Å². The van der Waals surface area contributed by atoms with Crippen LogP contribution in [0, 0.1) is 5.92 Å². The van der Waals surface area contributed by atoms with Gasteiger partial charge in [0.15, 0.2) is 0 Å². The van der Waals surface area contributed by atoms with Crippen molar-refractivity contribution in [3.05, 3.63) is 18.2 Å². The van der Waals surface area contributed by atoms with E-state index in [2.05, 4.69) is 0 Å². The minimum absolute atomic E-state index is 0.0521. The molecule has 1 aromatic rings. The lowest BCUT2D eigenvalue weighted by Crippen LogP contribution is -2.37. The number of sulfonamides is 1. The molecule has 0 aliphatic heterocycles. The van der Waals surface area contributed by atoms with E-state index in [4.69, 9.17) is 10.9 Å². The molecule has 19 heavy (non-hydrogen) atoms. The second-order valence-electron chi connectivity index (χ2n) is 5.14. The number of nitrogens with two attached hydrogens (primary N) is 2. The lowest BCUT2D eigenvalue weighted by Gasteiger charge is -2.35. The highest BCUT2D eigenvalue weighted by Crippen LogP contribution is 2.30. The van der Waals surface area contributed by atoms with Crippen LogP contribution in [0.1, 0.15) is 12.8 Å². The Bertz CT molecular complexity index is 568. The molecule has 2 rings (SSSR count). The largest absolute Gasteiger partial charge is 0.398 e. The van der Waals surface area contributed by atoms with Crippen molar-refractivity contribution in [3.63, 3.8) is 0 Å². The molecule has 0 atom stereocenters. The summed E-state index contributed by atoms with van der Waals surface area (Å²) < 4.78 is 22.5. The second kappa shape index (κ2) is 4.99. The molecule has 0 amide bonds. The van der Waals surface area contributed by atoms with Gasteiger partial charge in [-0.2, -0.15) is 0 Å². The van der Waals surface area contributed by atoms with Gasteiger partial charge in [-0.05, 0) is 37.0 Å². The zero-order chi connectivity index (χ0) is 14.2. The SMILES string of the molecule is CN(CC1CC(O)C1)c1ccc(S(N)(=O)=O)c(N)c1. The summed E-state index contributed by atoms with van der Waals surface area (Å²) in [5, 5.41) is 14.3. The molecule has 0 heterocycles. The molecule has 0 bridgehead atoms. The van der Waals surface area contributed by atoms with Crippen molar-refractivity contribution in [1.29, 1.82) is 0 Å². The molecule has 7 heteroatoms. The molecule has 5 N–H and O–H groups in total. The highest BCUT2D eigenvalue weighted by Gasteiger charge is 2.28. The summed E-state index contributed by atoms with van der Waals surface area (Å²) in [6, 6.07) is 4.71. The fourth-order valence-electron chi connectivity index (χ4n) is 2.37. The maximum Gasteiger partial charge on any atom is 0.240 e. The van der Waals surface area contributed by atoms with Crippen LogP contribution in [0.5, 0.6) is 0 Å². The third-order valence-corrected chi connectivity index (χ3v) is 4.47. The first-order valence-electron chi connectivity index (χ1n) is 6.09. The number of aliphatic hydroxyl groups is 1. The highest BCUT2D eigenvalue weighted by atomic mass is 32.2. The van der Waals surface area contributed by atoms with E-state index >= 15 is 0 Å². The van der Waals surface area contributed by atoms with Gasteiger partial charge in [0.1, 0.15) is 4.90 Å². The van der Waals surface area contributed by atoms with Crippen molar-refractivity contribution in [2.75, 3.05) is 24.2 Å². The molecule has 1 saturated carbocycles. The summed E-state index contributed by atoms with van der Waals surface area (Å²) in [6.07, 6.45) is 1.46. The van der Waals surface area contributed by atoms with Gasteiger partial charge in [-0.3, -0.25) is 0 Å². The van der Waals surface area contributed by atoms with Crippen LogP contribution >= 0.6 is 0 Å². The molecule has 0 radical (unpaired) electrons. The van der Waals surface area contributed by atoms with Gasteiger partial charge >= 0.3 is 0 Å². The van der Waals surface area contributed by atoms with Crippen LogP contribution in [-0.4, -0.2) is 33.2 Å². The van der Waals surface area contributed by atoms with E-state index in [1.165, 1.54) is 6.07 Å². The highest BCUT2D eigenvalue weighted by molar-refractivity contribution is 7.89. The maximum atomic E-state index is 11.3. The van der Waals surface area contributed by atoms with Gasteiger partial charge in [-0.15, -0.1) is 0 Å². The fraction of sp³-hybridized carbons (Fsp3) is 0.500. The number of nitrogen functional groups attached to an aromatic ring is 1. The lowest BCUT2D eigenvalue weighted by atomic mass is 9.82.